The van der Waals surface area contributed by atoms with Crippen molar-refractivity contribution in [1.82, 2.24) is 9.80 Å². The van der Waals surface area contributed by atoms with Crippen LogP contribution in [0.2, 0.25) is 0 Å². The van der Waals surface area contributed by atoms with Crippen LogP contribution in [0.1, 0.15) is 12.8 Å². The van der Waals surface area contributed by atoms with E-state index in [0.717, 1.165) is 0 Å². The Morgan fingerprint density at radius 2 is 1.81 bits per heavy atom. The maximum atomic E-state index is 13.1. The third-order valence-electron chi connectivity index (χ3n) is 2.52. The predicted molar refractivity (Wildman–Crippen MR) is 55.7 cm³/mol. The lowest BCUT2D eigenvalue weighted by Gasteiger charge is -2.30. The molecule has 1 saturated heterocycles. The van der Waals surface area contributed by atoms with Crippen LogP contribution in [-0.4, -0.2) is 54.1 Å². The molecule has 0 unspecified atom stereocenters. The van der Waals surface area contributed by atoms with Gasteiger partial charge in [-0.1, -0.05) is 0 Å². The molecule has 5 nitrogen and oxygen atoms in total. The van der Waals surface area contributed by atoms with Gasteiger partial charge in [-0.15, -0.1) is 0 Å². The van der Waals surface area contributed by atoms with Crippen LogP contribution < -0.4 is 0 Å². The Morgan fingerprint density at radius 3 is 2.19 bits per heavy atom. The second-order valence-corrected chi connectivity index (χ2v) is 3.89. The van der Waals surface area contributed by atoms with Gasteiger partial charge >= 0.3 is 12.0 Å². The second kappa shape index (κ2) is 4.96. The smallest absolute Gasteiger partial charge is 0.364 e. The molecular formula is C10H15FN2O3. The predicted octanol–water partition coefficient (Wildman–Crippen LogP) is 1.07. The number of nitrogens with zero attached hydrogens (tertiary/aromatic N) is 2. The van der Waals surface area contributed by atoms with Crippen molar-refractivity contribution < 1.29 is 19.1 Å². The fraction of sp³-hybridized carbons (Fsp3) is 0.600. The molecule has 1 N–H and O–H groups in total. The molecule has 0 radical (unpaired) electrons. The Balaban J connectivity index is 2.62. The normalized spacial score (nSPS) is 15.9. The summed E-state index contributed by atoms with van der Waals surface area (Å²) in [5.41, 5.74) is 0.287. The Hall–Kier alpha value is -1.59. The number of piperidine rings is 1. The third kappa shape index (κ3) is 2.71. The fourth-order valence-corrected chi connectivity index (χ4v) is 1.62. The lowest BCUT2D eigenvalue weighted by molar-refractivity contribution is -0.134. The number of carboxylic acid groups (broad SMARTS) is 1. The van der Waals surface area contributed by atoms with E-state index >= 15 is 0 Å². The molecule has 1 aliphatic heterocycles. The number of aliphatic carboxylic acids is 1. The number of likely N-dealkylation sites (tertiary alicyclic amines) is 1. The molecule has 0 bridgehead atoms. The number of urea groups is 1. The van der Waals surface area contributed by atoms with Crippen molar-refractivity contribution in [3.8, 4) is 0 Å². The molecule has 6 heteroatoms. The van der Waals surface area contributed by atoms with Gasteiger partial charge in [-0.2, -0.15) is 4.39 Å². The summed E-state index contributed by atoms with van der Waals surface area (Å²) in [7, 11) is 3.29. The lowest BCUT2D eigenvalue weighted by atomic mass is 10.0. The first-order valence-electron chi connectivity index (χ1n) is 5.00. The van der Waals surface area contributed by atoms with Crippen molar-refractivity contribution in [3.05, 3.63) is 11.4 Å². The van der Waals surface area contributed by atoms with Crippen molar-refractivity contribution in [1.29, 1.82) is 0 Å². The van der Waals surface area contributed by atoms with Crippen LogP contribution >= 0.6 is 0 Å². The van der Waals surface area contributed by atoms with Crippen molar-refractivity contribution in [2.75, 3.05) is 27.2 Å². The third-order valence-corrected chi connectivity index (χ3v) is 2.52. The summed E-state index contributed by atoms with van der Waals surface area (Å²) in [5, 5.41) is 8.48. The van der Waals surface area contributed by atoms with Gasteiger partial charge in [0, 0.05) is 27.2 Å². The van der Waals surface area contributed by atoms with E-state index < -0.39 is 11.8 Å². The number of rotatable bonds is 1. The van der Waals surface area contributed by atoms with Gasteiger partial charge in [0.1, 0.15) is 0 Å². The Kier molecular flexibility index (Phi) is 3.87. The van der Waals surface area contributed by atoms with Crippen molar-refractivity contribution in [2.45, 2.75) is 12.8 Å². The molecule has 0 aromatic rings. The molecule has 2 amide bonds. The minimum Gasteiger partial charge on any atom is -0.476 e. The first-order chi connectivity index (χ1) is 7.43. The summed E-state index contributed by atoms with van der Waals surface area (Å²) in [6.45, 7) is 0.736. The van der Waals surface area contributed by atoms with Gasteiger partial charge in [-0.25, -0.2) is 9.59 Å². The van der Waals surface area contributed by atoms with Gasteiger partial charge in [0.15, 0.2) is 0 Å². The number of hydrogen-bond donors (Lipinski definition) is 1. The van der Waals surface area contributed by atoms with E-state index in [0.29, 0.717) is 13.1 Å². The molecule has 1 aliphatic rings. The molecular weight excluding hydrogens is 215 g/mol. The minimum absolute atomic E-state index is 0.130. The largest absolute Gasteiger partial charge is 0.476 e. The standard InChI is InChI=1S/C10H15FN2O3/c1-12(2)10(16)13-5-3-7(4-6-13)8(11)9(14)15/h3-6H2,1-2H3,(H,14,15). The number of carbonyl (C=O) groups excluding carboxylic acids is 1. The van der Waals surface area contributed by atoms with E-state index in [2.05, 4.69) is 0 Å². The summed E-state index contributed by atoms with van der Waals surface area (Å²) in [6.07, 6.45) is 0.579. The Morgan fingerprint density at radius 1 is 1.31 bits per heavy atom. The highest BCUT2D eigenvalue weighted by molar-refractivity contribution is 5.85. The number of carboxylic acids is 1. The van der Waals surface area contributed by atoms with Gasteiger partial charge in [-0.3, -0.25) is 0 Å². The molecule has 1 rings (SSSR count). The van der Waals surface area contributed by atoms with Crippen LogP contribution in [0.25, 0.3) is 0 Å². The summed E-state index contributed by atoms with van der Waals surface area (Å²) >= 11 is 0. The first kappa shape index (κ1) is 12.5. The van der Waals surface area contributed by atoms with Gasteiger partial charge in [0.05, 0.1) is 0 Å². The SMILES string of the molecule is CN(C)C(=O)N1CCC(=C(F)C(=O)O)CC1. The molecule has 0 aromatic carbocycles. The van der Waals surface area contributed by atoms with Crippen LogP contribution in [0.4, 0.5) is 9.18 Å². The highest BCUT2D eigenvalue weighted by Crippen LogP contribution is 2.21. The van der Waals surface area contributed by atoms with E-state index in [1.165, 1.54) is 4.90 Å². The van der Waals surface area contributed by atoms with Gasteiger partial charge in [-0.05, 0) is 18.4 Å². The van der Waals surface area contributed by atoms with Gasteiger partial charge < -0.3 is 14.9 Å². The summed E-state index contributed by atoms with van der Waals surface area (Å²) < 4.78 is 13.1. The van der Waals surface area contributed by atoms with E-state index in [1.54, 1.807) is 19.0 Å². The molecule has 1 fully saturated rings. The molecule has 16 heavy (non-hydrogen) atoms. The molecule has 0 atom stereocenters. The van der Waals surface area contributed by atoms with E-state index in [4.69, 9.17) is 5.11 Å². The minimum atomic E-state index is -1.53. The monoisotopic (exact) mass is 230 g/mol. The number of amides is 2. The highest BCUT2D eigenvalue weighted by atomic mass is 19.1. The topological polar surface area (TPSA) is 60.9 Å². The summed E-state index contributed by atoms with van der Waals surface area (Å²) in [6, 6.07) is -0.130. The van der Waals surface area contributed by atoms with Crippen molar-refractivity contribution in [2.24, 2.45) is 0 Å². The van der Waals surface area contributed by atoms with E-state index in [1.807, 2.05) is 0 Å². The molecule has 0 aromatic heterocycles. The molecule has 0 saturated carbocycles. The zero-order valence-electron chi connectivity index (χ0n) is 9.36. The number of carbonyl (C=O) groups is 2. The average molecular weight is 230 g/mol. The molecule has 0 aliphatic carbocycles. The number of hydrogen-bond acceptors (Lipinski definition) is 2. The van der Waals surface area contributed by atoms with Crippen LogP contribution in [-0.2, 0) is 4.79 Å². The van der Waals surface area contributed by atoms with E-state index in [9.17, 15) is 14.0 Å². The van der Waals surface area contributed by atoms with Crippen molar-refractivity contribution >= 4 is 12.0 Å². The lowest BCUT2D eigenvalue weighted by Crippen LogP contribution is -2.42. The quantitative estimate of drug-likeness (QED) is 0.685. The second-order valence-electron chi connectivity index (χ2n) is 3.89. The van der Waals surface area contributed by atoms with Crippen LogP contribution in [0.15, 0.2) is 11.4 Å². The van der Waals surface area contributed by atoms with Crippen LogP contribution in [0.5, 0.6) is 0 Å². The Labute approximate surface area is 93.1 Å². The van der Waals surface area contributed by atoms with Crippen LogP contribution in [0, 0.1) is 0 Å². The molecule has 1 heterocycles. The highest BCUT2D eigenvalue weighted by Gasteiger charge is 2.23. The molecule has 0 spiro atoms. The Bertz CT molecular complexity index is 329. The average Bonchev–Trinajstić information content (AvgIpc) is 2.27. The van der Waals surface area contributed by atoms with Crippen LogP contribution in [0.3, 0.4) is 0 Å². The van der Waals surface area contributed by atoms with Gasteiger partial charge in [0.25, 0.3) is 0 Å². The first-order valence-corrected chi connectivity index (χ1v) is 5.00. The zero-order valence-corrected chi connectivity index (χ0v) is 9.36. The van der Waals surface area contributed by atoms with E-state index in [-0.39, 0.29) is 24.4 Å². The fourth-order valence-electron chi connectivity index (χ4n) is 1.62. The summed E-state index contributed by atoms with van der Waals surface area (Å²) in [5.74, 6) is -2.60. The maximum Gasteiger partial charge on any atom is 0.364 e. The summed E-state index contributed by atoms with van der Waals surface area (Å²) in [4.78, 5) is 25.0. The van der Waals surface area contributed by atoms with Crippen molar-refractivity contribution in [3.63, 3.8) is 0 Å². The molecule has 90 valence electrons. The van der Waals surface area contributed by atoms with Gasteiger partial charge in [0.2, 0.25) is 5.83 Å². The zero-order chi connectivity index (χ0) is 12.3. The number of halogens is 1. The maximum absolute atomic E-state index is 13.1.